The molecule has 0 N–H and O–H groups in total. The predicted molar refractivity (Wildman–Crippen MR) is 65.0 cm³/mol. The summed E-state index contributed by atoms with van der Waals surface area (Å²) in [7, 11) is 0. The normalized spacial score (nSPS) is 11.5. The number of hydrogen-bond donors (Lipinski definition) is 0. The topological polar surface area (TPSA) is 3.24 Å². The van der Waals surface area contributed by atoms with E-state index in [4.69, 9.17) is 11.6 Å². The number of thioether (sulfide) groups is 1. The number of halogens is 1. The number of rotatable bonds is 8. The number of hydrogen-bond acceptors (Lipinski definition) is 2. The van der Waals surface area contributed by atoms with Gasteiger partial charge in [0.05, 0.1) is 0 Å². The summed E-state index contributed by atoms with van der Waals surface area (Å²) in [6.07, 6.45) is 1.29. The summed E-state index contributed by atoms with van der Waals surface area (Å²) in [6, 6.07) is 0.630. The maximum atomic E-state index is 5.73. The lowest BCUT2D eigenvalue weighted by atomic mass is 10.3. The molecular weight excluding hydrogens is 202 g/mol. The molecule has 0 rings (SSSR count). The molecule has 13 heavy (non-hydrogen) atoms. The van der Waals surface area contributed by atoms with Crippen LogP contribution in [-0.2, 0) is 0 Å². The Morgan fingerprint density at radius 2 is 2.00 bits per heavy atom. The molecule has 0 bridgehead atoms. The van der Waals surface area contributed by atoms with Gasteiger partial charge in [0.1, 0.15) is 0 Å². The van der Waals surface area contributed by atoms with Crippen molar-refractivity contribution in [3.05, 3.63) is 0 Å². The van der Waals surface area contributed by atoms with E-state index in [1.54, 1.807) is 0 Å². The average Bonchev–Trinajstić information content (AvgIpc) is 2.10. The first-order valence-corrected chi connectivity index (χ1v) is 6.79. The molecule has 0 atom stereocenters. The van der Waals surface area contributed by atoms with Crippen molar-refractivity contribution in [2.75, 3.05) is 30.5 Å². The fourth-order valence-corrected chi connectivity index (χ4v) is 2.09. The molecule has 0 aliphatic heterocycles. The maximum Gasteiger partial charge on any atom is 0.0351 e. The van der Waals surface area contributed by atoms with Crippen LogP contribution in [0.1, 0.15) is 27.2 Å². The smallest absolute Gasteiger partial charge is 0.0351 e. The molecule has 0 unspecified atom stereocenters. The van der Waals surface area contributed by atoms with Crippen LogP contribution in [0.4, 0.5) is 0 Å². The molecule has 0 aromatic carbocycles. The van der Waals surface area contributed by atoms with Gasteiger partial charge in [-0.25, -0.2) is 0 Å². The van der Waals surface area contributed by atoms with Gasteiger partial charge >= 0.3 is 0 Å². The summed E-state index contributed by atoms with van der Waals surface area (Å²) in [6.45, 7) is 8.90. The number of nitrogens with zero attached hydrogens (tertiary/aromatic N) is 1. The summed E-state index contributed by atoms with van der Waals surface area (Å²) in [5.41, 5.74) is 0. The molecule has 0 aromatic heterocycles. The van der Waals surface area contributed by atoms with Crippen LogP contribution in [0, 0.1) is 0 Å². The third-order valence-corrected chi connectivity index (χ3v) is 3.19. The van der Waals surface area contributed by atoms with Crippen LogP contribution in [0.25, 0.3) is 0 Å². The fraction of sp³-hybridized carbons (Fsp3) is 1.00. The Labute approximate surface area is 92.2 Å². The molecular formula is C10H22ClNS. The molecule has 0 heterocycles. The van der Waals surface area contributed by atoms with Gasteiger partial charge in [-0.15, -0.1) is 11.6 Å². The van der Waals surface area contributed by atoms with Crippen molar-refractivity contribution in [1.29, 1.82) is 0 Å². The monoisotopic (exact) mass is 223 g/mol. The van der Waals surface area contributed by atoms with E-state index in [1.807, 2.05) is 11.8 Å². The zero-order valence-corrected chi connectivity index (χ0v) is 10.6. The van der Waals surface area contributed by atoms with E-state index in [2.05, 4.69) is 25.7 Å². The molecule has 0 saturated carbocycles. The highest BCUT2D eigenvalue weighted by Crippen LogP contribution is 2.05. The lowest BCUT2D eigenvalue weighted by Gasteiger charge is -2.25. The van der Waals surface area contributed by atoms with Gasteiger partial charge in [0.2, 0.25) is 0 Å². The summed E-state index contributed by atoms with van der Waals surface area (Å²) < 4.78 is 0. The van der Waals surface area contributed by atoms with Crippen LogP contribution >= 0.6 is 23.4 Å². The van der Waals surface area contributed by atoms with Gasteiger partial charge in [-0.2, -0.15) is 11.8 Å². The summed E-state index contributed by atoms with van der Waals surface area (Å²) in [5.74, 6) is 3.26. The van der Waals surface area contributed by atoms with Gasteiger partial charge in [-0.3, -0.25) is 4.90 Å². The Morgan fingerprint density at radius 1 is 1.31 bits per heavy atom. The Hall–Kier alpha value is 0.600. The van der Waals surface area contributed by atoms with Crippen molar-refractivity contribution < 1.29 is 0 Å². The molecule has 0 radical (unpaired) electrons. The fourth-order valence-electron chi connectivity index (χ4n) is 1.25. The maximum absolute atomic E-state index is 5.73. The first-order valence-electron chi connectivity index (χ1n) is 5.10. The van der Waals surface area contributed by atoms with Crippen molar-refractivity contribution in [2.24, 2.45) is 0 Å². The van der Waals surface area contributed by atoms with Crippen molar-refractivity contribution in [3.63, 3.8) is 0 Å². The van der Waals surface area contributed by atoms with E-state index in [-0.39, 0.29) is 0 Å². The second kappa shape index (κ2) is 9.17. The zero-order valence-electron chi connectivity index (χ0n) is 9.05. The van der Waals surface area contributed by atoms with Crippen LogP contribution < -0.4 is 0 Å². The summed E-state index contributed by atoms with van der Waals surface area (Å²) >= 11 is 7.75. The summed E-state index contributed by atoms with van der Waals surface area (Å²) in [4.78, 5) is 2.45. The third-order valence-electron chi connectivity index (χ3n) is 2.04. The first kappa shape index (κ1) is 13.6. The van der Waals surface area contributed by atoms with Crippen LogP contribution in [0.2, 0.25) is 0 Å². The van der Waals surface area contributed by atoms with Gasteiger partial charge in [0.15, 0.2) is 0 Å². The Morgan fingerprint density at radius 3 is 2.46 bits per heavy atom. The van der Waals surface area contributed by atoms with Crippen LogP contribution in [0.5, 0.6) is 0 Å². The standard InChI is InChI=1S/C10H22ClNS/c1-4-13-9-5-7-12(8-6-11)10(2)3/h10H,4-9H2,1-3H3. The quantitative estimate of drug-likeness (QED) is 0.460. The molecule has 3 heteroatoms. The Kier molecular flexibility index (Phi) is 9.59. The molecule has 0 spiro atoms. The highest BCUT2D eigenvalue weighted by atomic mass is 35.5. The highest BCUT2D eigenvalue weighted by Gasteiger charge is 2.07. The molecule has 0 saturated heterocycles. The zero-order chi connectivity index (χ0) is 10.1. The van der Waals surface area contributed by atoms with Crippen molar-refractivity contribution in [2.45, 2.75) is 33.2 Å². The highest BCUT2D eigenvalue weighted by molar-refractivity contribution is 7.99. The molecule has 0 aromatic rings. The summed E-state index contributed by atoms with van der Waals surface area (Å²) in [5, 5.41) is 0. The minimum absolute atomic E-state index is 0.630. The SMILES string of the molecule is CCSCCCN(CCCl)C(C)C. The molecule has 1 nitrogen and oxygen atoms in total. The number of alkyl halides is 1. The minimum Gasteiger partial charge on any atom is -0.300 e. The predicted octanol–water partition coefficient (Wildman–Crippen LogP) is 3.08. The molecule has 80 valence electrons. The van der Waals surface area contributed by atoms with E-state index >= 15 is 0 Å². The van der Waals surface area contributed by atoms with E-state index in [0.29, 0.717) is 6.04 Å². The van der Waals surface area contributed by atoms with Crippen molar-refractivity contribution >= 4 is 23.4 Å². The molecule has 0 aliphatic carbocycles. The molecule has 0 fully saturated rings. The van der Waals surface area contributed by atoms with Crippen molar-refractivity contribution in [3.8, 4) is 0 Å². The largest absolute Gasteiger partial charge is 0.300 e. The van der Waals surface area contributed by atoms with Gasteiger partial charge in [-0.1, -0.05) is 6.92 Å². The van der Waals surface area contributed by atoms with Gasteiger partial charge < -0.3 is 0 Å². The average molecular weight is 224 g/mol. The van der Waals surface area contributed by atoms with Crippen LogP contribution in [0.3, 0.4) is 0 Å². The van der Waals surface area contributed by atoms with Crippen LogP contribution in [-0.4, -0.2) is 41.4 Å². The van der Waals surface area contributed by atoms with Gasteiger partial charge in [0, 0.05) is 18.5 Å². The molecule has 0 amide bonds. The van der Waals surface area contributed by atoms with Crippen molar-refractivity contribution in [1.82, 2.24) is 4.90 Å². The second-order valence-electron chi connectivity index (χ2n) is 3.37. The lowest BCUT2D eigenvalue weighted by molar-refractivity contribution is 0.236. The van der Waals surface area contributed by atoms with E-state index < -0.39 is 0 Å². The minimum atomic E-state index is 0.630. The van der Waals surface area contributed by atoms with Gasteiger partial charge in [-0.05, 0) is 38.3 Å². The van der Waals surface area contributed by atoms with Gasteiger partial charge in [0.25, 0.3) is 0 Å². The first-order chi connectivity index (χ1) is 6.22. The second-order valence-corrected chi connectivity index (χ2v) is 5.14. The van der Waals surface area contributed by atoms with E-state index in [0.717, 1.165) is 12.4 Å². The molecule has 0 aliphatic rings. The van der Waals surface area contributed by atoms with E-state index in [9.17, 15) is 0 Å². The third kappa shape index (κ3) is 7.65. The Bertz CT molecular complexity index is 109. The Balaban J connectivity index is 3.45. The lowest BCUT2D eigenvalue weighted by Crippen LogP contribution is -2.33. The van der Waals surface area contributed by atoms with Crippen LogP contribution in [0.15, 0.2) is 0 Å². The van der Waals surface area contributed by atoms with E-state index in [1.165, 1.54) is 24.5 Å².